The van der Waals surface area contributed by atoms with E-state index in [0.717, 1.165) is 32.8 Å². The Bertz CT molecular complexity index is 967. The van der Waals surface area contributed by atoms with E-state index in [1.807, 2.05) is 29.6 Å². The molecule has 0 radical (unpaired) electrons. The van der Waals surface area contributed by atoms with Gasteiger partial charge in [0, 0.05) is 5.69 Å². The molecule has 0 amide bonds. The normalized spacial score (nSPS) is 11.2. The summed E-state index contributed by atoms with van der Waals surface area (Å²) < 4.78 is 1.01. The van der Waals surface area contributed by atoms with Gasteiger partial charge in [-0.2, -0.15) is 0 Å². The number of hydrogen-bond donors (Lipinski definition) is 3. The Morgan fingerprint density at radius 2 is 2.00 bits per heavy atom. The summed E-state index contributed by atoms with van der Waals surface area (Å²) in [6, 6.07) is 7.57. The first-order valence-corrected chi connectivity index (χ1v) is 6.85. The summed E-state index contributed by atoms with van der Waals surface area (Å²) in [5.74, 6) is 0.766. The maximum atomic E-state index is 11.2. The quantitative estimate of drug-likeness (QED) is 0.528. The van der Waals surface area contributed by atoms with Crippen molar-refractivity contribution < 1.29 is 0 Å². The number of thiophene rings is 1. The molecule has 6 nitrogen and oxygen atoms in total. The van der Waals surface area contributed by atoms with Crippen LogP contribution < -0.4 is 11.0 Å². The fourth-order valence-corrected chi connectivity index (χ4v) is 2.91. The monoisotopic (exact) mass is 283 g/mol. The first-order chi connectivity index (χ1) is 9.79. The molecule has 0 aliphatic heterocycles. The number of benzene rings is 1. The van der Waals surface area contributed by atoms with Crippen LogP contribution in [0.4, 0.5) is 11.5 Å². The summed E-state index contributed by atoms with van der Waals surface area (Å²) in [4.78, 5) is 25.2. The molecular weight excluding hydrogens is 274 g/mol. The zero-order valence-corrected chi connectivity index (χ0v) is 11.0. The van der Waals surface area contributed by atoms with Gasteiger partial charge in [-0.05, 0) is 29.6 Å². The molecule has 0 atom stereocenters. The van der Waals surface area contributed by atoms with E-state index in [9.17, 15) is 4.79 Å². The third kappa shape index (κ3) is 1.76. The van der Waals surface area contributed by atoms with E-state index >= 15 is 0 Å². The number of anilines is 2. The van der Waals surface area contributed by atoms with Crippen molar-refractivity contribution in [1.82, 2.24) is 19.9 Å². The van der Waals surface area contributed by atoms with E-state index in [1.165, 1.54) is 6.33 Å². The number of H-pyrrole nitrogens is 2. The maximum absolute atomic E-state index is 11.2. The second kappa shape index (κ2) is 4.17. The number of aromatic nitrogens is 4. The van der Waals surface area contributed by atoms with Gasteiger partial charge in [0.05, 0.1) is 21.3 Å². The topological polar surface area (TPSA) is 86.5 Å². The van der Waals surface area contributed by atoms with Gasteiger partial charge in [-0.25, -0.2) is 14.8 Å². The third-order valence-corrected chi connectivity index (χ3v) is 3.93. The fourth-order valence-electron chi connectivity index (χ4n) is 2.12. The highest BCUT2D eigenvalue weighted by molar-refractivity contribution is 7.17. The molecule has 3 N–H and O–H groups in total. The molecule has 0 saturated heterocycles. The van der Waals surface area contributed by atoms with Crippen LogP contribution in [-0.2, 0) is 0 Å². The lowest BCUT2D eigenvalue weighted by molar-refractivity contribution is 1.21. The predicted octanol–water partition coefficient (Wildman–Crippen LogP) is 2.60. The molecule has 0 aliphatic rings. The zero-order chi connectivity index (χ0) is 13.5. The highest BCUT2D eigenvalue weighted by Crippen LogP contribution is 2.27. The van der Waals surface area contributed by atoms with Gasteiger partial charge < -0.3 is 15.3 Å². The van der Waals surface area contributed by atoms with Crippen molar-refractivity contribution in [3.63, 3.8) is 0 Å². The van der Waals surface area contributed by atoms with E-state index in [2.05, 4.69) is 25.3 Å². The minimum absolute atomic E-state index is 0.208. The predicted molar refractivity (Wildman–Crippen MR) is 79.6 cm³/mol. The van der Waals surface area contributed by atoms with Gasteiger partial charge in [-0.1, -0.05) is 0 Å². The summed E-state index contributed by atoms with van der Waals surface area (Å²) >= 11 is 1.59. The molecule has 98 valence electrons. The summed E-state index contributed by atoms with van der Waals surface area (Å²) in [6.07, 6.45) is 1.54. The smallest absolute Gasteiger partial charge is 0.323 e. The second-order valence-corrected chi connectivity index (χ2v) is 5.24. The van der Waals surface area contributed by atoms with Gasteiger partial charge in [0.1, 0.15) is 6.33 Å². The molecule has 0 unspecified atom stereocenters. The number of imidazole rings is 1. The van der Waals surface area contributed by atoms with Gasteiger partial charge >= 0.3 is 5.69 Å². The Labute approximate surface area is 116 Å². The van der Waals surface area contributed by atoms with Crippen molar-refractivity contribution >= 4 is 44.1 Å². The average molecular weight is 283 g/mol. The molecular formula is C13H9N5OS. The number of nitrogens with one attached hydrogen (secondary N) is 3. The summed E-state index contributed by atoms with van der Waals surface area (Å²) in [5, 5.41) is 5.24. The number of rotatable bonds is 2. The lowest BCUT2D eigenvalue weighted by Crippen LogP contribution is -1.99. The Morgan fingerprint density at radius 3 is 2.95 bits per heavy atom. The highest BCUT2D eigenvalue weighted by atomic mass is 32.1. The average Bonchev–Trinajstić information content (AvgIpc) is 3.03. The van der Waals surface area contributed by atoms with Crippen molar-refractivity contribution in [3.05, 3.63) is 46.5 Å². The van der Waals surface area contributed by atoms with Crippen LogP contribution in [0.15, 0.2) is 40.8 Å². The van der Waals surface area contributed by atoms with Crippen LogP contribution in [0.3, 0.4) is 0 Å². The number of hydrogen-bond acceptors (Lipinski definition) is 5. The lowest BCUT2D eigenvalue weighted by Gasteiger charge is -2.06. The maximum Gasteiger partial charge on any atom is 0.323 e. The standard InChI is InChI=1S/C13H9N5OS/c19-13-17-8-2-1-7(5-10(8)18-13)16-12-11-9(3-4-20-11)14-6-15-12/h1-6H,(H,14,15,16)(H2,17,18,19). The third-order valence-electron chi connectivity index (χ3n) is 3.02. The van der Waals surface area contributed by atoms with Crippen molar-refractivity contribution in [2.45, 2.75) is 0 Å². The molecule has 4 aromatic rings. The first-order valence-electron chi connectivity index (χ1n) is 5.97. The number of aromatic amines is 2. The molecule has 1 aromatic carbocycles. The Balaban J connectivity index is 1.80. The Morgan fingerprint density at radius 1 is 1.10 bits per heavy atom. The first kappa shape index (κ1) is 11.2. The Hall–Kier alpha value is -2.67. The van der Waals surface area contributed by atoms with E-state index in [4.69, 9.17) is 0 Å². The summed E-state index contributed by atoms with van der Waals surface area (Å²) in [7, 11) is 0. The van der Waals surface area contributed by atoms with E-state index in [1.54, 1.807) is 11.3 Å². The van der Waals surface area contributed by atoms with Crippen LogP contribution in [-0.4, -0.2) is 19.9 Å². The largest absolute Gasteiger partial charge is 0.339 e. The molecule has 0 spiro atoms. The van der Waals surface area contributed by atoms with E-state index in [-0.39, 0.29) is 5.69 Å². The lowest BCUT2D eigenvalue weighted by atomic mass is 10.2. The summed E-state index contributed by atoms with van der Waals surface area (Å²) in [6.45, 7) is 0. The van der Waals surface area contributed by atoms with E-state index in [0.29, 0.717) is 0 Å². The van der Waals surface area contributed by atoms with Gasteiger partial charge in [-0.3, -0.25) is 0 Å². The SMILES string of the molecule is O=c1[nH]c2ccc(Nc3ncnc4ccsc34)cc2[nH]1. The molecule has 0 saturated carbocycles. The summed E-state index contributed by atoms with van der Waals surface area (Å²) in [5.41, 5.74) is 3.12. The van der Waals surface area contributed by atoms with Crippen LogP contribution in [0.5, 0.6) is 0 Å². The van der Waals surface area contributed by atoms with Gasteiger partial charge in [0.25, 0.3) is 0 Å². The minimum Gasteiger partial charge on any atom is -0.339 e. The van der Waals surface area contributed by atoms with Gasteiger partial charge in [0.15, 0.2) is 5.82 Å². The minimum atomic E-state index is -0.208. The van der Waals surface area contributed by atoms with Crippen molar-refractivity contribution in [2.24, 2.45) is 0 Å². The highest BCUT2D eigenvalue weighted by Gasteiger charge is 2.06. The van der Waals surface area contributed by atoms with Gasteiger partial charge in [-0.15, -0.1) is 11.3 Å². The Kier molecular flexibility index (Phi) is 2.33. The molecule has 7 heteroatoms. The van der Waals surface area contributed by atoms with E-state index < -0.39 is 0 Å². The molecule has 3 aromatic heterocycles. The van der Waals surface area contributed by atoms with Crippen LogP contribution in [0.2, 0.25) is 0 Å². The molecule has 0 bridgehead atoms. The molecule has 3 heterocycles. The number of nitrogens with zero attached hydrogens (tertiary/aromatic N) is 2. The van der Waals surface area contributed by atoms with Crippen molar-refractivity contribution in [2.75, 3.05) is 5.32 Å². The molecule has 4 rings (SSSR count). The molecule has 20 heavy (non-hydrogen) atoms. The molecule has 0 fully saturated rings. The van der Waals surface area contributed by atoms with Crippen LogP contribution >= 0.6 is 11.3 Å². The van der Waals surface area contributed by atoms with Crippen LogP contribution in [0.1, 0.15) is 0 Å². The number of fused-ring (bicyclic) bond motifs is 2. The second-order valence-electron chi connectivity index (χ2n) is 4.32. The van der Waals surface area contributed by atoms with Gasteiger partial charge in [0.2, 0.25) is 0 Å². The van der Waals surface area contributed by atoms with Crippen molar-refractivity contribution in [1.29, 1.82) is 0 Å². The zero-order valence-electron chi connectivity index (χ0n) is 10.2. The fraction of sp³-hybridized carbons (Fsp3) is 0. The van der Waals surface area contributed by atoms with Crippen molar-refractivity contribution in [3.8, 4) is 0 Å². The molecule has 0 aliphatic carbocycles. The van der Waals surface area contributed by atoms with Crippen LogP contribution in [0, 0.1) is 0 Å². The van der Waals surface area contributed by atoms with Crippen LogP contribution in [0.25, 0.3) is 21.3 Å².